The maximum atomic E-state index is 11.8. The smallest absolute Gasteiger partial charge is 0.279 e. The molecule has 0 saturated carbocycles. The summed E-state index contributed by atoms with van der Waals surface area (Å²) in [5.74, 6) is 0.777. The van der Waals surface area contributed by atoms with Crippen molar-refractivity contribution in [2.24, 2.45) is 5.92 Å². The Labute approximate surface area is 109 Å². The van der Waals surface area contributed by atoms with E-state index in [4.69, 9.17) is 4.74 Å². The van der Waals surface area contributed by atoms with Gasteiger partial charge in [0.25, 0.3) is 5.56 Å². The van der Waals surface area contributed by atoms with Crippen LogP contribution in [-0.2, 0) is 4.74 Å². The Kier molecular flexibility index (Phi) is 2.87. The monoisotopic (exact) mass is 264 g/mol. The van der Waals surface area contributed by atoms with Crippen LogP contribution in [0.2, 0.25) is 0 Å². The minimum absolute atomic E-state index is 0.000505. The van der Waals surface area contributed by atoms with Crippen LogP contribution in [0.15, 0.2) is 11.1 Å². The standard InChI is InChI=1S/C12H16N4O3/c1-6-3-8(4-17)19-12(6)16-5-13-9-10(16)14-7(2)15-11(9)18/h5-6,8,12,17H,3-4H2,1-2H3,(H,14,15,18). The van der Waals surface area contributed by atoms with Crippen molar-refractivity contribution in [2.45, 2.75) is 32.6 Å². The maximum Gasteiger partial charge on any atom is 0.279 e. The number of aryl methyl sites for hydroxylation is 1. The highest BCUT2D eigenvalue weighted by Gasteiger charge is 2.34. The predicted molar refractivity (Wildman–Crippen MR) is 67.7 cm³/mol. The third-order valence-corrected chi connectivity index (χ3v) is 3.48. The van der Waals surface area contributed by atoms with Crippen molar-refractivity contribution in [3.63, 3.8) is 0 Å². The number of nitrogens with zero attached hydrogens (tertiary/aromatic N) is 3. The number of hydrogen-bond acceptors (Lipinski definition) is 5. The number of H-pyrrole nitrogens is 1. The van der Waals surface area contributed by atoms with Crippen molar-refractivity contribution in [1.29, 1.82) is 0 Å². The number of aromatic amines is 1. The first-order valence-corrected chi connectivity index (χ1v) is 6.30. The molecular formula is C12H16N4O3. The van der Waals surface area contributed by atoms with Crippen LogP contribution >= 0.6 is 0 Å². The number of aromatic nitrogens is 4. The van der Waals surface area contributed by atoms with Gasteiger partial charge in [0, 0.05) is 5.92 Å². The van der Waals surface area contributed by atoms with Gasteiger partial charge in [-0.2, -0.15) is 0 Å². The van der Waals surface area contributed by atoms with Gasteiger partial charge in [-0.15, -0.1) is 0 Å². The topological polar surface area (TPSA) is 93.0 Å². The summed E-state index contributed by atoms with van der Waals surface area (Å²) >= 11 is 0. The molecular weight excluding hydrogens is 248 g/mol. The summed E-state index contributed by atoms with van der Waals surface area (Å²) in [4.78, 5) is 22.8. The number of aliphatic hydroxyl groups is 1. The fraction of sp³-hybridized carbons (Fsp3) is 0.583. The second-order valence-electron chi connectivity index (χ2n) is 5.02. The van der Waals surface area contributed by atoms with Gasteiger partial charge >= 0.3 is 0 Å². The van der Waals surface area contributed by atoms with Crippen molar-refractivity contribution in [2.75, 3.05) is 6.61 Å². The Balaban J connectivity index is 2.09. The molecule has 0 aromatic carbocycles. The van der Waals surface area contributed by atoms with Crippen LogP contribution in [0, 0.1) is 12.8 Å². The number of aliphatic hydroxyl groups excluding tert-OH is 1. The van der Waals surface area contributed by atoms with Crippen LogP contribution in [0.25, 0.3) is 11.2 Å². The number of ether oxygens (including phenoxy) is 1. The van der Waals surface area contributed by atoms with E-state index >= 15 is 0 Å². The van der Waals surface area contributed by atoms with E-state index in [1.807, 2.05) is 6.92 Å². The summed E-state index contributed by atoms with van der Waals surface area (Å²) < 4.78 is 7.55. The number of rotatable bonds is 2. The molecule has 19 heavy (non-hydrogen) atoms. The summed E-state index contributed by atoms with van der Waals surface area (Å²) in [5.41, 5.74) is 0.594. The fourth-order valence-electron chi connectivity index (χ4n) is 2.60. The van der Waals surface area contributed by atoms with E-state index in [1.165, 1.54) is 0 Å². The summed E-state index contributed by atoms with van der Waals surface area (Å²) in [6.07, 6.45) is 1.95. The lowest BCUT2D eigenvalue weighted by atomic mass is 10.1. The minimum atomic E-state index is -0.245. The normalized spacial score (nSPS) is 27.2. The van der Waals surface area contributed by atoms with Crippen molar-refractivity contribution >= 4 is 11.2 Å². The van der Waals surface area contributed by atoms with E-state index in [2.05, 4.69) is 15.0 Å². The highest BCUT2D eigenvalue weighted by molar-refractivity contribution is 5.69. The van der Waals surface area contributed by atoms with Gasteiger partial charge < -0.3 is 14.8 Å². The zero-order valence-electron chi connectivity index (χ0n) is 10.8. The van der Waals surface area contributed by atoms with Gasteiger partial charge in [0.1, 0.15) is 12.1 Å². The second-order valence-corrected chi connectivity index (χ2v) is 5.02. The van der Waals surface area contributed by atoms with E-state index in [9.17, 15) is 9.90 Å². The van der Waals surface area contributed by atoms with E-state index in [0.717, 1.165) is 6.42 Å². The van der Waals surface area contributed by atoms with Gasteiger partial charge in [0.2, 0.25) is 0 Å². The third kappa shape index (κ3) is 1.95. The Morgan fingerprint density at radius 3 is 3.11 bits per heavy atom. The van der Waals surface area contributed by atoms with Crippen LogP contribution in [0.4, 0.5) is 0 Å². The van der Waals surface area contributed by atoms with Crippen molar-refractivity contribution < 1.29 is 9.84 Å². The van der Waals surface area contributed by atoms with Crippen molar-refractivity contribution in [3.8, 4) is 0 Å². The van der Waals surface area contributed by atoms with Crippen LogP contribution in [0.1, 0.15) is 25.4 Å². The molecule has 0 radical (unpaired) electrons. The molecule has 2 aromatic heterocycles. The molecule has 2 N–H and O–H groups in total. The number of hydrogen-bond donors (Lipinski definition) is 2. The molecule has 3 heterocycles. The quantitative estimate of drug-likeness (QED) is 0.816. The predicted octanol–water partition coefficient (Wildman–Crippen LogP) is 0.344. The number of nitrogens with one attached hydrogen (secondary N) is 1. The molecule has 3 rings (SSSR count). The van der Waals surface area contributed by atoms with E-state index in [0.29, 0.717) is 17.0 Å². The number of imidazole rings is 1. The molecule has 2 aromatic rings. The second kappa shape index (κ2) is 4.43. The summed E-state index contributed by atoms with van der Waals surface area (Å²) in [7, 11) is 0. The Morgan fingerprint density at radius 2 is 2.42 bits per heavy atom. The van der Waals surface area contributed by atoms with Crippen molar-refractivity contribution in [1.82, 2.24) is 19.5 Å². The summed E-state index contributed by atoms with van der Waals surface area (Å²) in [6, 6.07) is 0. The minimum Gasteiger partial charge on any atom is -0.394 e. The SMILES string of the molecule is Cc1nc2c(ncn2C2OC(CO)CC2C)c(=O)[nH]1. The lowest BCUT2D eigenvalue weighted by Gasteiger charge is -2.17. The maximum absolute atomic E-state index is 11.8. The summed E-state index contributed by atoms with van der Waals surface area (Å²) in [5, 5.41) is 9.18. The average molecular weight is 264 g/mol. The molecule has 3 atom stereocenters. The largest absolute Gasteiger partial charge is 0.394 e. The first-order chi connectivity index (χ1) is 9.10. The van der Waals surface area contributed by atoms with Crippen LogP contribution < -0.4 is 5.56 Å². The van der Waals surface area contributed by atoms with Crippen LogP contribution in [-0.4, -0.2) is 37.3 Å². The van der Waals surface area contributed by atoms with Crippen molar-refractivity contribution in [3.05, 3.63) is 22.5 Å². The molecule has 7 nitrogen and oxygen atoms in total. The Morgan fingerprint density at radius 1 is 1.63 bits per heavy atom. The number of fused-ring (bicyclic) bond motifs is 1. The van der Waals surface area contributed by atoms with E-state index < -0.39 is 0 Å². The molecule has 1 aliphatic rings. The first kappa shape index (κ1) is 12.3. The molecule has 102 valence electrons. The molecule has 7 heteroatoms. The van der Waals surface area contributed by atoms with Crippen LogP contribution in [0.5, 0.6) is 0 Å². The molecule has 3 unspecified atom stereocenters. The lowest BCUT2D eigenvalue weighted by Crippen LogP contribution is -2.17. The van der Waals surface area contributed by atoms with Gasteiger partial charge in [-0.05, 0) is 13.3 Å². The molecule has 0 amide bonds. The highest BCUT2D eigenvalue weighted by atomic mass is 16.5. The average Bonchev–Trinajstić information content (AvgIpc) is 2.92. The van der Waals surface area contributed by atoms with Gasteiger partial charge in [-0.25, -0.2) is 9.97 Å². The lowest BCUT2D eigenvalue weighted by molar-refractivity contribution is -0.0294. The van der Waals surface area contributed by atoms with Crippen LogP contribution in [0.3, 0.4) is 0 Å². The summed E-state index contributed by atoms with van der Waals surface area (Å²) in [6.45, 7) is 3.78. The first-order valence-electron chi connectivity index (χ1n) is 6.30. The molecule has 0 bridgehead atoms. The Hall–Kier alpha value is -1.73. The molecule has 1 fully saturated rings. The molecule has 1 aliphatic heterocycles. The molecule has 0 spiro atoms. The van der Waals surface area contributed by atoms with Gasteiger partial charge in [0.15, 0.2) is 11.2 Å². The molecule has 0 aliphatic carbocycles. The van der Waals surface area contributed by atoms with E-state index in [1.54, 1.807) is 17.8 Å². The zero-order valence-corrected chi connectivity index (χ0v) is 10.8. The Bertz CT molecular complexity index is 663. The molecule has 1 saturated heterocycles. The third-order valence-electron chi connectivity index (χ3n) is 3.48. The van der Waals surface area contributed by atoms with E-state index in [-0.39, 0.29) is 30.4 Å². The van der Waals surface area contributed by atoms with Gasteiger partial charge in [-0.3, -0.25) is 9.36 Å². The van der Waals surface area contributed by atoms with Gasteiger partial charge in [-0.1, -0.05) is 6.92 Å². The highest BCUT2D eigenvalue weighted by Crippen LogP contribution is 2.34. The zero-order chi connectivity index (χ0) is 13.6. The van der Waals surface area contributed by atoms with Gasteiger partial charge in [0.05, 0.1) is 19.0 Å². The fourth-order valence-corrected chi connectivity index (χ4v) is 2.60.